The van der Waals surface area contributed by atoms with Gasteiger partial charge in [-0.2, -0.15) is 0 Å². The third-order valence-corrected chi connectivity index (χ3v) is 8.92. The van der Waals surface area contributed by atoms with Crippen LogP contribution in [0.3, 0.4) is 0 Å². The maximum Gasteiger partial charge on any atom is 0.196 e. The monoisotopic (exact) mass is 480 g/mol. The predicted octanol–water partition coefficient (Wildman–Crippen LogP) is 9.05. The molecule has 158 valence electrons. The van der Waals surface area contributed by atoms with Crippen molar-refractivity contribution in [2.24, 2.45) is 4.99 Å². The summed E-state index contributed by atoms with van der Waals surface area (Å²) in [6.07, 6.45) is 0. The van der Waals surface area contributed by atoms with Gasteiger partial charge in [0, 0.05) is 30.3 Å². The van der Waals surface area contributed by atoms with Crippen molar-refractivity contribution in [2.75, 3.05) is 5.32 Å². The highest BCUT2D eigenvalue weighted by atomic mass is 35.5. The summed E-state index contributed by atoms with van der Waals surface area (Å²) in [6.45, 7) is 0. The Morgan fingerprint density at radius 2 is 1.48 bits per heavy atom. The van der Waals surface area contributed by atoms with E-state index < -0.39 is 0 Å². The Morgan fingerprint density at radius 1 is 0.697 bits per heavy atom. The molecule has 1 N–H and O–H groups in total. The van der Waals surface area contributed by atoms with Crippen molar-refractivity contribution in [1.29, 1.82) is 0 Å². The Morgan fingerprint density at radius 3 is 2.39 bits per heavy atom. The first-order valence-electron chi connectivity index (χ1n) is 10.8. The quantitative estimate of drug-likeness (QED) is 0.245. The van der Waals surface area contributed by atoms with Gasteiger partial charge in [0.2, 0.25) is 0 Å². The average Bonchev–Trinajstić information content (AvgIpc) is 3.42. The van der Waals surface area contributed by atoms with Crippen molar-refractivity contribution in [3.05, 3.63) is 101 Å². The van der Waals surface area contributed by atoms with E-state index in [-0.39, 0.29) is 6.04 Å². The molecule has 3 heterocycles. The van der Waals surface area contributed by atoms with Crippen molar-refractivity contribution in [3.8, 4) is 11.1 Å². The molecule has 33 heavy (non-hydrogen) atoms. The van der Waals surface area contributed by atoms with Crippen molar-refractivity contribution >= 4 is 75.5 Å². The van der Waals surface area contributed by atoms with E-state index in [0.717, 1.165) is 5.69 Å². The number of halogens is 1. The van der Waals surface area contributed by atoms with Gasteiger partial charge in [-0.15, -0.1) is 22.7 Å². The Balaban J connectivity index is 1.45. The van der Waals surface area contributed by atoms with Gasteiger partial charge in [-0.05, 0) is 46.5 Å². The van der Waals surface area contributed by atoms with E-state index in [1.54, 1.807) is 11.3 Å². The molecular formula is C28H17ClN2S2. The zero-order valence-corrected chi connectivity index (χ0v) is 19.8. The number of fused-ring (bicyclic) bond motifs is 6. The van der Waals surface area contributed by atoms with Gasteiger partial charge in [0.1, 0.15) is 6.04 Å². The first-order chi connectivity index (χ1) is 16.3. The topological polar surface area (TPSA) is 24.4 Å². The van der Waals surface area contributed by atoms with Crippen LogP contribution in [0.5, 0.6) is 0 Å². The summed E-state index contributed by atoms with van der Waals surface area (Å²) in [5, 5.41) is 7.58. The van der Waals surface area contributed by atoms with E-state index >= 15 is 0 Å². The lowest BCUT2D eigenvalue weighted by Crippen LogP contribution is -2.14. The molecule has 0 saturated heterocycles. The lowest BCUT2D eigenvalue weighted by atomic mass is 9.99. The molecular weight excluding hydrogens is 464 g/mol. The summed E-state index contributed by atoms with van der Waals surface area (Å²) in [6, 6.07) is 32.2. The fraction of sp³-hybridized carbons (Fsp3) is 0.0357. The summed E-state index contributed by atoms with van der Waals surface area (Å²) in [4.78, 5) is 6.09. The number of thiophene rings is 2. The number of nitrogens with one attached hydrogen (secondary N) is 1. The lowest BCUT2D eigenvalue weighted by Gasteiger charge is -2.21. The minimum atomic E-state index is -0.122. The van der Waals surface area contributed by atoms with Crippen molar-refractivity contribution < 1.29 is 0 Å². The second-order valence-corrected chi connectivity index (χ2v) is 10.7. The van der Waals surface area contributed by atoms with E-state index in [1.165, 1.54) is 51.8 Å². The molecule has 0 bridgehead atoms. The van der Waals surface area contributed by atoms with Crippen LogP contribution in [0.2, 0.25) is 0 Å². The molecule has 0 radical (unpaired) electrons. The lowest BCUT2D eigenvalue weighted by molar-refractivity contribution is 0.902. The van der Waals surface area contributed by atoms with Crippen molar-refractivity contribution in [2.45, 2.75) is 6.04 Å². The molecule has 0 saturated carbocycles. The van der Waals surface area contributed by atoms with Gasteiger partial charge in [-0.1, -0.05) is 72.8 Å². The number of aliphatic imine (C=N–C) groups is 1. The van der Waals surface area contributed by atoms with Crippen LogP contribution in [0, 0.1) is 0 Å². The summed E-state index contributed by atoms with van der Waals surface area (Å²) >= 11 is 10.2. The maximum atomic E-state index is 6.58. The standard InChI is InChI=1S/C28H17ClN2S2/c29-28-30-24(20-11-6-10-19-18-9-4-5-12-22(18)32-26(19)20)27-25(31-28)21-15-17(13-14-23(21)33-27)16-7-2-1-3-8-16/h1-15,24H,(H,30,31). The molecule has 2 aromatic heterocycles. The Kier molecular flexibility index (Phi) is 4.34. The molecule has 1 unspecified atom stereocenters. The highest BCUT2D eigenvalue weighted by Gasteiger charge is 2.28. The van der Waals surface area contributed by atoms with Gasteiger partial charge in [-0.25, -0.2) is 4.99 Å². The Labute approximate surface area is 203 Å². The molecule has 1 aliphatic heterocycles. The molecule has 0 fully saturated rings. The molecule has 2 nitrogen and oxygen atoms in total. The van der Waals surface area contributed by atoms with Crippen LogP contribution in [-0.4, -0.2) is 5.29 Å². The van der Waals surface area contributed by atoms with Crippen LogP contribution >= 0.6 is 34.3 Å². The average molecular weight is 481 g/mol. The van der Waals surface area contributed by atoms with Crippen LogP contribution in [0.25, 0.3) is 41.4 Å². The van der Waals surface area contributed by atoms with E-state index in [4.69, 9.17) is 16.6 Å². The zero-order chi connectivity index (χ0) is 21.9. The van der Waals surface area contributed by atoms with Gasteiger partial charge in [0.25, 0.3) is 0 Å². The number of nitrogens with zero attached hydrogens (tertiary/aromatic N) is 1. The normalized spacial score (nSPS) is 15.5. The highest BCUT2D eigenvalue weighted by molar-refractivity contribution is 7.26. The molecule has 4 aromatic carbocycles. The van der Waals surface area contributed by atoms with Gasteiger partial charge < -0.3 is 5.32 Å². The Hall–Kier alpha value is -3.18. The minimum Gasteiger partial charge on any atom is -0.329 e. The van der Waals surface area contributed by atoms with Crippen LogP contribution in [0.15, 0.2) is 96.0 Å². The largest absolute Gasteiger partial charge is 0.329 e. The third-order valence-electron chi connectivity index (χ3n) is 6.27. The number of benzene rings is 4. The number of amidine groups is 1. The predicted molar refractivity (Wildman–Crippen MR) is 145 cm³/mol. The molecule has 6 aromatic rings. The second kappa shape index (κ2) is 7.42. The zero-order valence-electron chi connectivity index (χ0n) is 17.4. The van der Waals surface area contributed by atoms with Crippen LogP contribution in [-0.2, 0) is 0 Å². The van der Waals surface area contributed by atoms with Crippen LogP contribution in [0.4, 0.5) is 5.69 Å². The van der Waals surface area contributed by atoms with Crippen molar-refractivity contribution in [3.63, 3.8) is 0 Å². The van der Waals surface area contributed by atoms with E-state index in [2.05, 4.69) is 90.2 Å². The first-order valence-corrected chi connectivity index (χ1v) is 12.8. The van der Waals surface area contributed by atoms with E-state index in [0.29, 0.717) is 5.29 Å². The molecule has 1 aliphatic rings. The maximum absolute atomic E-state index is 6.58. The van der Waals surface area contributed by atoms with Crippen LogP contribution < -0.4 is 5.32 Å². The summed E-state index contributed by atoms with van der Waals surface area (Å²) in [5.74, 6) is 0. The summed E-state index contributed by atoms with van der Waals surface area (Å²) in [7, 11) is 0. The second-order valence-electron chi connectivity index (χ2n) is 8.19. The SMILES string of the molecule is ClC1=NC(c2cccc3c2sc2ccccc23)c2sc3ccc(-c4ccccc4)cc3c2N1. The third kappa shape index (κ3) is 3.02. The smallest absolute Gasteiger partial charge is 0.196 e. The number of rotatable bonds is 2. The molecule has 0 amide bonds. The van der Waals surface area contributed by atoms with E-state index in [1.807, 2.05) is 17.4 Å². The first kappa shape index (κ1) is 19.3. The Bertz CT molecular complexity index is 1710. The van der Waals surface area contributed by atoms with Gasteiger partial charge in [-0.3, -0.25) is 0 Å². The van der Waals surface area contributed by atoms with Gasteiger partial charge >= 0.3 is 0 Å². The molecule has 0 spiro atoms. The van der Waals surface area contributed by atoms with Crippen LogP contribution in [0.1, 0.15) is 16.5 Å². The highest BCUT2D eigenvalue weighted by Crippen LogP contribution is 2.49. The van der Waals surface area contributed by atoms with Gasteiger partial charge in [0.05, 0.1) is 10.6 Å². The molecule has 0 aliphatic carbocycles. The number of hydrogen-bond donors (Lipinski definition) is 1. The number of hydrogen-bond acceptors (Lipinski definition) is 4. The summed E-state index contributed by atoms with van der Waals surface area (Å²) < 4.78 is 3.82. The van der Waals surface area contributed by atoms with Crippen molar-refractivity contribution in [1.82, 2.24) is 0 Å². The summed E-state index contributed by atoms with van der Waals surface area (Å²) in [5.41, 5.74) is 4.70. The van der Waals surface area contributed by atoms with Gasteiger partial charge in [0.15, 0.2) is 5.29 Å². The molecule has 5 heteroatoms. The fourth-order valence-electron chi connectivity index (χ4n) is 4.75. The van der Waals surface area contributed by atoms with E-state index in [9.17, 15) is 0 Å². The number of anilines is 1. The molecule has 1 atom stereocenters. The molecule has 7 rings (SSSR count). The fourth-order valence-corrected chi connectivity index (χ4v) is 7.38. The minimum absolute atomic E-state index is 0.122.